The van der Waals surface area contributed by atoms with E-state index in [1.54, 1.807) is 0 Å². The zero-order chi connectivity index (χ0) is 11.5. The molecule has 0 radical (unpaired) electrons. The Balaban J connectivity index is 2.03. The zero-order valence-corrected chi connectivity index (χ0v) is 11.3. The maximum Gasteiger partial charge on any atom is 0.129 e. The van der Waals surface area contributed by atoms with Gasteiger partial charge in [-0.05, 0) is 19.1 Å². The molecule has 1 aromatic heterocycles. The van der Waals surface area contributed by atoms with E-state index in [-0.39, 0.29) is 0 Å². The third kappa shape index (κ3) is 2.90. The number of hydrogen-bond acceptors (Lipinski definition) is 3. The summed E-state index contributed by atoms with van der Waals surface area (Å²) >= 11 is 7.95. The maximum absolute atomic E-state index is 5.89. The van der Waals surface area contributed by atoms with Crippen molar-refractivity contribution in [3.63, 3.8) is 0 Å². The fourth-order valence-corrected chi connectivity index (χ4v) is 3.31. The number of nitrogens with zero attached hydrogens (tertiary/aromatic N) is 2. The van der Waals surface area contributed by atoms with Gasteiger partial charge in [-0.15, -0.1) is 0 Å². The van der Waals surface area contributed by atoms with Crippen molar-refractivity contribution >= 4 is 23.4 Å². The quantitative estimate of drug-likeness (QED) is 0.757. The first-order valence-corrected chi connectivity index (χ1v) is 7.06. The highest BCUT2D eigenvalue weighted by atomic mass is 35.5. The molecule has 0 saturated carbocycles. The summed E-state index contributed by atoms with van der Waals surface area (Å²) in [6, 6.07) is 6.45. The van der Waals surface area contributed by atoms with Gasteiger partial charge in [-0.3, -0.25) is 4.90 Å². The van der Waals surface area contributed by atoms with Crippen molar-refractivity contribution in [2.24, 2.45) is 0 Å². The lowest BCUT2D eigenvalue weighted by molar-refractivity contribution is 0.202. The number of pyridine rings is 1. The Morgan fingerprint density at radius 2 is 2.31 bits per heavy atom. The predicted molar refractivity (Wildman–Crippen MR) is 71.0 cm³/mol. The number of hydrogen-bond donors (Lipinski definition) is 0. The Bertz CT molecular complexity index is 359. The van der Waals surface area contributed by atoms with E-state index in [1.807, 2.05) is 18.2 Å². The molecule has 0 bridgehead atoms. The summed E-state index contributed by atoms with van der Waals surface area (Å²) in [5.41, 5.74) is 1.07. The highest BCUT2D eigenvalue weighted by molar-refractivity contribution is 8.00. The minimum Gasteiger partial charge on any atom is -0.293 e. The second kappa shape index (κ2) is 5.39. The molecule has 1 saturated heterocycles. The predicted octanol–water partition coefficient (Wildman–Crippen LogP) is 3.06. The molecule has 4 heteroatoms. The topological polar surface area (TPSA) is 16.1 Å². The Labute approximate surface area is 106 Å². The van der Waals surface area contributed by atoms with E-state index in [2.05, 4.69) is 35.5 Å². The fraction of sp³-hybridized carbons (Fsp3) is 0.583. The molecule has 2 unspecified atom stereocenters. The first kappa shape index (κ1) is 12.2. The van der Waals surface area contributed by atoms with Crippen LogP contribution >= 0.6 is 23.4 Å². The monoisotopic (exact) mass is 256 g/mol. The van der Waals surface area contributed by atoms with E-state index in [0.717, 1.165) is 18.8 Å². The first-order valence-electron chi connectivity index (χ1n) is 5.64. The van der Waals surface area contributed by atoms with Gasteiger partial charge in [0.15, 0.2) is 0 Å². The Morgan fingerprint density at radius 3 is 3.06 bits per heavy atom. The summed E-state index contributed by atoms with van der Waals surface area (Å²) in [6.07, 6.45) is 0. The molecular weight excluding hydrogens is 240 g/mol. The largest absolute Gasteiger partial charge is 0.293 e. The van der Waals surface area contributed by atoms with Crippen LogP contribution in [0.3, 0.4) is 0 Å². The standard InChI is InChI=1S/C12H17ClN2S/c1-9-10(2)16-7-6-15(9)8-11-4-3-5-12(13)14-11/h3-5,9-10H,6-8H2,1-2H3. The number of aromatic nitrogens is 1. The van der Waals surface area contributed by atoms with Gasteiger partial charge in [0.2, 0.25) is 0 Å². The molecule has 2 rings (SSSR count). The summed E-state index contributed by atoms with van der Waals surface area (Å²) in [5, 5.41) is 1.29. The SMILES string of the molecule is CC1SCCN(Cc2cccc(Cl)n2)C1C. The van der Waals surface area contributed by atoms with E-state index < -0.39 is 0 Å². The van der Waals surface area contributed by atoms with Crippen molar-refractivity contribution in [3.05, 3.63) is 29.0 Å². The van der Waals surface area contributed by atoms with Crippen LogP contribution in [-0.4, -0.2) is 33.5 Å². The fourth-order valence-electron chi connectivity index (χ4n) is 1.97. The molecule has 2 nitrogen and oxygen atoms in total. The van der Waals surface area contributed by atoms with E-state index in [1.165, 1.54) is 5.75 Å². The first-order chi connectivity index (χ1) is 7.66. The molecule has 1 aliphatic rings. The van der Waals surface area contributed by atoms with Gasteiger partial charge in [0.1, 0.15) is 5.15 Å². The van der Waals surface area contributed by atoms with Gasteiger partial charge in [0.25, 0.3) is 0 Å². The highest BCUT2D eigenvalue weighted by Crippen LogP contribution is 2.25. The molecule has 0 aromatic carbocycles. The van der Waals surface area contributed by atoms with Crippen LogP contribution in [0.5, 0.6) is 0 Å². The van der Waals surface area contributed by atoms with Crippen LogP contribution in [0.1, 0.15) is 19.5 Å². The van der Waals surface area contributed by atoms with Gasteiger partial charge in [-0.1, -0.05) is 24.6 Å². The van der Waals surface area contributed by atoms with Crippen LogP contribution < -0.4 is 0 Å². The van der Waals surface area contributed by atoms with Crippen molar-refractivity contribution in [3.8, 4) is 0 Å². The molecule has 0 N–H and O–H groups in total. The average Bonchev–Trinajstić information content (AvgIpc) is 2.25. The molecule has 0 spiro atoms. The van der Waals surface area contributed by atoms with Gasteiger partial charge in [0, 0.05) is 30.1 Å². The summed E-state index contributed by atoms with van der Waals surface area (Å²) in [7, 11) is 0. The lowest BCUT2D eigenvalue weighted by Gasteiger charge is -2.37. The summed E-state index contributed by atoms with van der Waals surface area (Å²) in [6.45, 7) is 6.64. The molecule has 88 valence electrons. The van der Waals surface area contributed by atoms with Crippen molar-refractivity contribution in [1.29, 1.82) is 0 Å². The van der Waals surface area contributed by atoms with Crippen molar-refractivity contribution in [1.82, 2.24) is 9.88 Å². The molecule has 1 aromatic rings. The smallest absolute Gasteiger partial charge is 0.129 e. The van der Waals surface area contributed by atoms with Crippen LogP contribution in [0.2, 0.25) is 5.15 Å². The summed E-state index contributed by atoms with van der Waals surface area (Å²) < 4.78 is 0. The van der Waals surface area contributed by atoms with Gasteiger partial charge < -0.3 is 0 Å². The number of thioether (sulfide) groups is 1. The molecule has 2 heterocycles. The second-order valence-corrected chi connectivity index (χ2v) is 6.11. The zero-order valence-electron chi connectivity index (χ0n) is 9.69. The van der Waals surface area contributed by atoms with Gasteiger partial charge in [0.05, 0.1) is 5.69 Å². The second-order valence-electron chi connectivity index (χ2n) is 4.24. The third-order valence-electron chi connectivity index (χ3n) is 3.15. The highest BCUT2D eigenvalue weighted by Gasteiger charge is 2.25. The molecule has 0 aliphatic carbocycles. The molecule has 1 aliphatic heterocycles. The Morgan fingerprint density at radius 1 is 1.50 bits per heavy atom. The van der Waals surface area contributed by atoms with Gasteiger partial charge >= 0.3 is 0 Å². The maximum atomic E-state index is 5.89. The van der Waals surface area contributed by atoms with Crippen LogP contribution in [0.25, 0.3) is 0 Å². The van der Waals surface area contributed by atoms with E-state index >= 15 is 0 Å². The van der Waals surface area contributed by atoms with Crippen molar-refractivity contribution < 1.29 is 0 Å². The van der Waals surface area contributed by atoms with Gasteiger partial charge in [-0.2, -0.15) is 11.8 Å². The summed E-state index contributed by atoms with van der Waals surface area (Å²) in [4.78, 5) is 6.83. The Kier molecular flexibility index (Phi) is 4.11. The van der Waals surface area contributed by atoms with Crippen LogP contribution in [-0.2, 0) is 6.54 Å². The number of rotatable bonds is 2. The van der Waals surface area contributed by atoms with Crippen molar-refractivity contribution in [2.75, 3.05) is 12.3 Å². The summed E-state index contributed by atoms with van der Waals surface area (Å²) in [5.74, 6) is 1.21. The van der Waals surface area contributed by atoms with Gasteiger partial charge in [-0.25, -0.2) is 4.98 Å². The Hall–Kier alpha value is -0.250. The lowest BCUT2D eigenvalue weighted by Crippen LogP contribution is -2.44. The van der Waals surface area contributed by atoms with E-state index in [0.29, 0.717) is 16.4 Å². The molecule has 0 amide bonds. The normalized spacial score (nSPS) is 26.9. The van der Waals surface area contributed by atoms with Crippen LogP contribution in [0.15, 0.2) is 18.2 Å². The van der Waals surface area contributed by atoms with E-state index in [9.17, 15) is 0 Å². The lowest BCUT2D eigenvalue weighted by atomic mass is 10.2. The number of halogens is 1. The molecule has 2 atom stereocenters. The van der Waals surface area contributed by atoms with Crippen LogP contribution in [0.4, 0.5) is 0 Å². The molecule has 1 fully saturated rings. The molecule has 16 heavy (non-hydrogen) atoms. The third-order valence-corrected chi connectivity index (χ3v) is 4.70. The average molecular weight is 257 g/mol. The van der Waals surface area contributed by atoms with Crippen molar-refractivity contribution in [2.45, 2.75) is 31.7 Å². The minimum absolute atomic E-state index is 0.588. The minimum atomic E-state index is 0.588. The van der Waals surface area contributed by atoms with E-state index in [4.69, 9.17) is 11.6 Å². The molecular formula is C12H17ClN2S. The van der Waals surface area contributed by atoms with Crippen LogP contribution in [0, 0.1) is 0 Å².